The first-order chi connectivity index (χ1) is 7.29. The minimum atomic E-state index is -0.0185. The number of hydrogen-bond acceptors (Lipinski definition) is 2. The van der Waals surface area contributed by atoms with Gasteiger partial charge in [0.15, 0.2) is 0 Å². The van der Waals surface area contributed by atoms with E-state index < -0.39 is 0 Å². The molecule has 0 aromatic heterocycles. The van der Waals surface area contributed by atoms with Crippen molar-refractivity contribution in [2.45, 2.75) is 38.7 Å². The molecule has 0 aromatic rings. The average Bonchev–Trinajstić information content (AvgIpc) is 2.87. The predicted molar refractivity (Wildman–Crippen MR) is 57.1 cm³/mol. The molecule has 0 aliphatic heterocycles. The van der Waals surface area contributed by atoms with E-state index >= 15 is 0 Å². The first-order valence-corrected chi connectivity index (χ1v) is 6.15. The van der Waals surface area contributed by atoms with E-state index in [1.54, 1.807) is 0 Å². The van der Waals surface area contributed by atoms with Gasteiger partial charge in [0, 0.05) is 6.42 Å². The van der Waals surface area contributed by atoms with Crippen LogP contribution in [0, 0.1) is 23.7 Å². The highest BCUT2D eigenvalue weighted by molar-refractivity contribution is 5.69. The summed E-state index contributed by atoms with van der Waals surface area (Å²) in [5, 5.41) is 0. The molecular weight excluding hydrogens is 188 g/mol. The quantitative estimate of drug-likeness (QED) is 0.512. The van der Waals surface area contributed by atoms with Gasteiger partial charge in [-0.3, -0.25) is 4.79 Å². The van der Waals surface area contributed by atoms with Crippen molar-refractivity contribution >= 4 is 5.97 Å². The molecule has 0 N–H and O–H groups in total. The van der Waals surface area contributed by atoms with Gasteiger partial charge in [-0.2, -0.15) is 0 Å². The second-order valence-electron chi connectivity index (χ2n) is 5.18. The summed E-state index contributed by atoms with van der Waals surface area (Å²) >= 11 is 0. The first-order valence-electron chi connectivity index (χ1n) is 6.15. The maximum atomic E-state index is 11.3. The number of fused-ring (bicyclic) bond motifs is 5. The van der Waals surface area contributed by atoms with Gasteiger partial charge in [0.1, 0.15) is 6.10 Å². The Balaban J connectivity index is 1.69. The zero-order valence-electron chi connectivity index (χ0n) is 9.19. The molecule has 3 rings (SSSR count). The van der Waals surface area contributed by atoms with E-state index in [1.807, 2.05) is 6.92 Å². The normalized spacial score (nSPS) is 45.8. The average molecular weight is 206 g/mol. The summed E-state index contributed by atoms with van der Waals surface area (Å²) in [4.78, 5) is 11.3. The Morgan fingerprint density at radius 2 is 2.27 bits per heavy atom. The third-order valence-electron chi connectivity index (χ3n) is 4.51. The van der Waals surface area contributed by atoms with Gasteiger partial charge in [-0.1, -0.05) is 19.1 Å². The molecule has 2 fully saturated rings. The second kappa shape index (κ2) is 3.36. The summed E-state index contributed by atoms with van der Waals surface area (Å²) in [6, 6.07) is 0. The number of allylic oxidation sites excluding steroid dienone is 2. The third kappa shape index (κ3) is 1.34. The standard InChI is InChI=1S/C13H18O2/c1-2-13(14)15-12-7-8-6-11(12)10-5-3-4-9(8)10/h3-4,8-12H,2,5-7H2,1H3. The highest BCUT2D eigenvalue weighted by Gasteiger charge is 2.53. The van der Waals surface area contributed by atoms with Crippen LogP contribution in [-0.4, -0.2) is 12.1 Å². The van der Waals surface area contributed by atoms with Gasteiger partial charge in [0.2, 0.25) is 0 Å². The van der Waals surface area contributed by atoms with Crippen molar-refractivity contribution in [3.8, 4) is 0 Å². The Morgan fingerprint density at radius 3 is 3.07 bits per heavy atom. The van der Waals surface area contributed by atoms with E-state index in [1.165, 1.54) is 12.8 Å². The lowest BCUT2D eigenvalue weighted by atomic mass is 9.80. The summed E-state index contributed by atoms with van der Waals surface area (Å²) in [5.41, 5.74) is 0. The predicted octanol–water partition coefficient (Wildman–Crippen LogP) is 2.54. The molecule has 15 heavy (non-hydrogen) atoms. The summed E-state index contributed by atoms with van der Waals surface area (Å²) in [5.74, 6) is 3.04. The summed E-state index contributed by atoms with van der Waals surface area (Å²) < 4.78 is 5.54. The highest BCUT2D eigenvalue weighted by atomic mass is 16.5. The molecule has 2 nitrogen and oxygen atoms in total. The maximum Gasteiger partial charge on any atom is 0.305 e. The second-order valence-corrected chi connectivity index (χ2v) is 5.18. The van der Waals surface area contributed by atoms with E-state index in [4.69, 9.17) is 4.74 Å². The van der Waals surface area contributed by atoms with Crippen LogP contribution in [0.15, 0.2) is 12.2 Å². The molecule has 0 amide bonds. The Kier molecular flexibility index (Phi) is 2.11. The molecule has 2 saturated carbocycles. The van der Waals surface area contributed by atoms with Crippen LogP contribution in [0.3, 0.4) is 0 Å². The van der Waals surface area contributed by atoms with E-state index in [2.05, 4.69) is 12.2 Å². The van der Waals surface area contributed by atoms with Gasteiger partial charge in [0.05, 0.1) is 0 Å². The molecule has 5 atom stereocenters. The lowest BCUT2D eigenvalue weighted by Crippen LogP contribution is -2.32. The molecule has 0 spiro atoms. The van der Waals surface area contributed by atoms with Gasteiger partial charge in [-0.15, -0.1) is 0 Å². The fourth-order valence-corrected chi connectivity index (χ4v) is 3.88. The maximum absolute atomic E-state index is 11.3. The number of hydrogen-bond donors (Lipinski definition) is 0. The van der Waals surface area contributed by atoms with Gasteiger partial charge in [-0.05, 0) is 42.9 Å². The van der Waals surface area contributed by atoms with Crippen LogP contribution in [0.5, 0.6) is 0 Å². The van der Waals surface area contributed by atoms with Crippen molar-refractivity contribution in [3.05, 3.63) is 12.2 Å². The summed E-state index contributed by atoms with van der Waals surface area (Å²) in [7, 11) is 0. The summed E-state index contributed by atoms with van der Waals surface area (Å²) in [6.07, 6.45) is 9.09. The van der Waals surface area contributed by atoms with E-state index in [-0.39, 0.29) is 12.1 Å². The molecule has 0 aromatic carbocycles. The number of esters is 1. The lowest BCUT2D eigenvalue weighted by Gasteiger charge is -2.30. The van der Waals surface area contributed by atoms with E-state index in [0.717, 1.165) is 24.2 Å². The fraction of sp³-hybridized carbons (Fsp3) is 0.769. The van der Waals surface area contributed by atoms with Crippen LogP contribution in [0.2, 0.25) is 0 Å². The molecule has 5 unspecified atom stereocenters. The minimum Gasteiger partial charge on any atom is -0.462 e. The van der Waals surface area contributed by atoms with Crippen molar-refractivity contribution in [3.63, 3.8) is 0 Å². The Morgan fingerprint density at radius 1 is 1.40 bits per heavy atom. The van der Waals surface area contributed by atoms with Crippen LogP contribution in [-0.2, 0) is 9.53 Å². The van der Waals surface area contributed by atoms with Gasteiger partial charge >= 0.3 is 5.97 Å². The van der Waals surface area contributed by atoms with Crippen LogP contribution >= 0.6 is 0 Å². The molecule has 3 aliphatic rings. The van der Waals surface area contributed by atoms with E-state index in [9.17, 15) is 4.79 Å². The minimum absolute atomic E-state index is 0.0185. The van der Waals surface area contributed by atoms with Gasteiger partial charge < -0.3 is 4.74 Å². The van der Waals surface area contributed by atoms with Crippen LogP contribution < -0.4 is 0 Å². The van der Waals surface area contributed by atoms with Crippen LogP contribution in [0.25, 0.3) is 0 Å². The third-order valence-corrected chi connectivity index (χ3v) is 4.51. The molecule has 0 heterocycles. The van der Waals surface area contributed by atoms with Crippen molar-refractivity contribution in [1.29, 1.82) is 0 Å². The molecule has 0 radical (unpaired) electrons. The fourth-order valence-electron chi connectivity index (χ4n) is 3.88. The largest absolute Gasteiger partial charge is 0.462 e. The van der Waals surface area contributed by atoms with Gasteiger partial charge in [0.25, 0.3) is 0 Å². The van der Waals surface area contributed by atoms with Gasteiger partial charge in [-0.25, -0.2) is 0 Å². The Hall–Kier alpha value is -0.790. The molecule has 2 heteroatoms. The van der Waals surface area contributed by atoms with E-state index in [0.29, 0.717) is 12.3 Å². The van der Waals surface area contributed by atoms with Crippen molar-refractivity contribution < 1.29 is 9.53 Å². The zero-order valence-corrected chi connectivity index (χ0v) is 9.19. The first kappa shape index (κ1) is 9.44. The smallest absolute Gasteiger partial charge is 0.305 e. The lowest BCUT2D eigenvalue weighted by molar-refractivity contribution is -0.152. The monoisotopic (exact) mass is 206 g/mol. The molecular formula is C13H18O2. The van der Waals surface area contributed by atoms with Crippen LogP contribution in [0.4, 0.5) is 0 Å². The number of ether oxygens (including phenoxy) is 1. The Bertz CT molecular complexity index is 308. The van der Waals surface area contributed by atoms with Crippen molar-refractivity contribution in [1.82, 2.24) is 0 Å². The highest BCUT2D eigenvalue weighted by Crippen LogP contribution is 2.57. The van der Waals surface area contributed by atoms with Crippen LogP contribution in [0.1, 0.15) is 32.6 Å². The summed E-state index contributed by atoms with van der Waals surface area (Å²) in [6.45, 7) is 1.87. The molecule has 2 bridgehead atoms. The van der Waals surface area contributed by atoms with Crippen molar-refractivity contribution in [2.75, 3.05) is 0 Å². The molecule has 82 valence electrons. The molecule has 0 saturated heterocycles. The number of carbonyl (C=O) groups is 1. The molecule has 3 aliphatic carbocycles. The Labute approximate surface area is 90.7 Å². The topological polar surface area (TPSA) is 26.3 Å². The zero-order chi connectivity index (χ0) is 10.4. The number of rotatable bonds is 2. The number of carbonyl (C=O) groups excluding carboxylic acids is 1. The SMILES string of the molecule is CCC(=O)OC1CC2CC1C1CC=CC21. The van der Waals surface area contributed by atoms with Crippen molar-refractivity contribution in [2.24, 2.45) is 23.7 Å².